The highest BCUT2D eigenvalue weighted by atomic mass is 16.5. The predicted octanol–water partition coefficient (Wildman–Crippen LogP) is 1.84. The Bertz CT molecular complexity index is 166. The molecular formula is C10H21NO2. The zero-order chi connectivity index (χ0) is 10.5. The second-order valence-corrected chi connectivity index (χ2v) is 4.09. The van der Waals surface area contributed by atoms with Gasteiger partial charge in [-0.1, -0.05) is 20.8 Å². The van der Waals surface area contributed by atoms with Crippen LogP contribution in [0.3, 0.4) is 0 Å². The summed E-state index contributed by atoms with van der Waals surface area (Å²) in [5.74, 6) is 0. The van der Waals surface area contributed by atoms with Crippen molar-refractivity contribution in [2.45, 2.75) is 40.2 Å². The van der Waals surface area contributed by atoms with Gasteiger partial charge in [0, 0.05) is 11.1 Å². The van der Waals surface area contributed by atoms with Crippen LogP contribution in [0, 0.1) is 10.8 Å². The third-order valence-corrected chi connectivity index (χ3v) is 2.26. The summed E-state index contributed by atoms with van der Waals surface area (Å²) in [6.45, 7) is 8.49. The molecule has 3 nitrogen and oxygen atoms in total. The number of aliphatic hydroxyl groups is 1. The number of hydrogen-bond acceptors (Lipinski definition) is 3. The fourth-order valence-corrected chi connectivity index (χ4v) is 0.676. The van der Waals surface area contributed by atoms with Crippen LogP contribution in [-0.4, -0.2) is 30.1 Å². The van der Waals surface area contributed by atoms with Crippen LogP contribution in [0.1, 0.15) is 34.1 Å². The van der Waals surface area contributed by atoms with E-state index in [1.54, 1.807) is 6.92 Å². The zero-order valence-electron chi connectivity index (χ0n) is 9.05. The maximum Gasteiger partial charge on any atom is 0.0771 e. The molecule has 0 aromatic rings. The Morgan fingerprint density at radius 3 is 2.46 bits per heavy atom. The summed E-state index contributed by atoms with van der Waals surface area (Å²) < 4.78 is 5.32. The number of hydrogen-bond donors (Lipinski definition) is 2. The molecule has 0 aliphatic rings. The van der Waals surface area contributed by atoms with Gasteiger partial charge in [0.2, 0.25) is 0 Å². The lowest BCUT2D eigenvalue weighted by Gasteiger charge is -2.23. The molecule has 0 aliphatic carbocycles. The smallest absolute Gasteiger partial charge is 0.0771 e. The lowest BCUT2D eigenvalue weighted by molar-refractivity contribution is 0.0151. The maximum absolute atomic E-state index is 9.21. The van der Waals surface area contributed by atoms with Gasteiger partial charge in [0.05, 0.1) is 19.3 Å². The summed E-state index contributed by atoms with van der Waals surface area (Å²) in [7, 11) is 0. The summed E-state index contributed by atoms with van der Waals surface area (Å²) in [6, 6.07) is 0. The second kappa shape index (κ2) is 5.35. The van der Waals surface area contributed by atoms with E-state index in [-0.39, 0.29) is 11.5 Å². The van der Waals surface area contributed by atoms with Crippen molar-refractivity contribution in [1.29, 1.82) is 5.41 Å². The standard InChI is InChI=1S/C10H21NO2/c1-5-9(12)6-13-7-10(3,4)8(2)11/h9,11-12H,5-7H2,1-4H3. The Balaban J connectivity index is 3.70. The Labute approximate surface area is 80.6 Å². The third kappa shape index (κ3) is 5.01. The average molecular weight is 187 g/mol. The highest BCUT2D eigenvalue weighted by Crippen LogP contribution is 2.16. The SMILES string of the molecule is CCC(O)COCC(C)(C)C(C)=N. The number of aliphatic hydroxyl groups excluding tert-OH is 1. The summed E-state index contributed by atoms with van der Waals surface area (Å²) in [6.07, 6.45) is 0.339. The molecule has 0 saturated carbocycles. The first-order valence-corrected chi connectivity index (χ1v) is 4.71. The van der Waals surface area contributed by atoms with Gasteiger partial charge in [-0.25, -0.2) is 0 Å². The first kappa shape index (κ1) is 12.6. The third-order valence-electron chi connectivity index (χ3n) is 2.26. The van der Waals surface area contributed by atoms with E-state index in [1.165, 1.54) is 0 Å². The molecule has 1 atom stereocenters. The van der Waals surface area contributed by atoms with Crippen LogP contribution in [-0.2, 0) is 4.74 Å². The molecule has 0 spiro atoms. The summed E-state index contributed by atoms with van der Waals surface area (Å²) in [5, 5.41) is 16.7. The molecular weight excluding hydrogens is 166 g/mol. The zero-order valence-corrected chi connectivity index (χ0v) is 9.05. The van der Waals surface area contributed by atoms with Gasteiger partial charge in [0.25, 0.3) is 0 Å². The topological polar surface area (TPSA) is 53.3 Å². The molecule has 0 aromatic carbocycles. The van der Waals surface area contributed by atoms with Crippen molar-refractivity contribution < 1.29 is 9.84 Å². The Kier molecular flexibility index (Phi) is 5.18. The first-order chi connectivity index (χ1) is 5.90. The molecule has 0 aliphatic heterocycles. The predicted molar refractivity (Wildman–Crippen MR) is 54.3 cm³/mol. The van der Waals surface area contributed by atoms with Crippen LogP contribution >= 0.6 is 0 Å². The largest absolute Gasteiger partial charge is 0.391 e. The highest BCUT2D eigenvalue weighted by molar-refractivity contribution is 5.84. The van der Waals surface area contributed by atoms with Crippen molar-refractivity contribution in [3.8, 4) is 0 Å². The van der Waals surface area contributed by atoms with Gasteiger partial charge in [-0.2, -0.15) is 0 Å². The summed E-state index contributed by atoms with van der Waals surface area (Å²) >= 11 is 0. The van der Waals surface area contributed by atoms with E-state index in [2.05, 4.69) is 0 Å². The van der Waals surface area contributed by atoms with Gasteiger partial charge in [-0.15, -0.1) is 0 Å². The minimum Gasteiger partial charge on any atom is -0.391 e. The van der Waals surface area contributed by atoms with Crippen LogP contribution in [0.4, 0.5) is 0 Å². The quantitative estimate of drug-likeness (QED) is 0.623. The average Bonchev–Trinajstić information content (AvgIpc) is 2.03. The van der Waals surface area contributed by atoms with Crippen LogP contribution in [0.5, 0.6) is 0 Å². The summed E-state index contributed by atoms with van der Waals surface area (Å²) in [5.41, 5.74) is 0.395. The van der Waals surface area contributed by atoms with Gasteiger partial charge >= 0.3 is 0 Å². The van der Waals surface area contributed by atoms with Gasteiger partial charge in [0.1, 0.15) is 0 Å². The van der Waals surface area contributed by atoms with E-state index < -0.39 is 0 Å². The van der Waals surface area contributed by atoms with Crippen molar-refractivity contribution in [2.75, 3.05) is 13.2 Å². The molecule has 0 rings (SSSR count). The Morgan fingerprint density at radius 1 is 1.54 bits per heavy atom. The minimum absolute atomic E-state index is 0.215. The molecule has 0 aromatic heterocycles. The van der Waals surface area contributed by atoms with Crippen molar-refractivity contribution in [1.82, 2.24) is 0 Å². The highest BCUT2D eigenvalue weighted by Gasteiger charge is 2.20. The van der Waals surface area contributed by atoms with E-state index in [1.807, 2.05) is 20.8 Å². The van der Waals surface area contributed by atoms with E-state index in [0.717, 1.165) is 0 Å². The van der Waals surface area contributed by atoms with Crippen molar-refractivity contribution in [3.63, 3.8) is 0 Å². The fourth-order valence-electron chi connectivity index (χ4n) is 0.676. The van der Waals surface area contributed by atoms with Crippen molar-refractivity contribution >= 4 is 5.71 Å². The second-order valence-electron chi connectivity index (χ2n) is 4.09. The molecule has 0 radical (unpaired) electrons. The number of ether oxygens (including phenoxy) is 1. The van der Waals surface area contributed by atoms with E-state index in [4.69, 9.17) is 10.1 Å². The van der Waals surface area contributed by atoms with Gasteiger partial charge < -0.3 is 15.3 Å². The van der Waals surface area contributed by atoms with Crippen molar-refractivity contribution in [3.05, 3.63) is 0 Å². The normalized spacial score (nSPS) is 14.2. The maximum atomic E-state index is 9.21. The van der Waals surface area contributed by atoms with Crippen LogP contribution < -0.4 is 0 Å². The lowest BCUT2D eigenvalue weighted by atomic mass is 9.89. The van der Waals surface area contributed by atoms with E-state index >= 15 is 0 Å². The van der Waals surface area contributed by atoms with Gasteiger partial charge in [-0.3, -0.25) is 0 Å². The summed E-state index contributed by atoms with van der Waals surface area (Å²) in [4.78, 5) is 0. The van der Waals surface area contributed by atoms with E-state index in [0.29, 0.717) is 25.3 Å². The molecule has 3 heteroatoms. The molecule has 0 amide bonds. The Hall–Kier alpha value is -0.410. The molecule has 13 heavy (non-hydrogen) atoms. The molecule has 0 saturated heterocycles. The van der Waals surface area contributed by atoms with Crippen LogP contribution in [0.25, 0.3) is 0 Å². The number of rotatable bonds is 6. The Morgan fingerprint density at radius 2 is 2.08 bits per heavy atom. The molecule has 0 bridgehead atoms. The van der Waals surface area contributed by atoms with Gasteiger partial charge in [0.15, 0.2) is 0 Å². The van der Waals surface area contributed by atoms with E-state index in [9.17, 15) is 5.11 Å². The van der Waals surface area contributed by atoms with Gasteiger partial charge in [-0.05, 0) is 13.3 Å². The fraction of sp³-hybridized carbons (Fsp3) is 0.900. The monoisotopic (exact) mass is 187 g/mol. The molecule has 0 fully saturated rings. The minimum atomic E-state index is -0.373. The first-order valence-electron chi connectivity index (χ1n) is 4.71. The molecule has 1 unspecified atom stereocenters. The van der Waals surface area contributed by atoms with Crippen molar-refractivity contribution in [2.24, 2.45) is 5.41 Å². The number of nitrogens with one attached hydrogen (secondary N) is 1. The van der Waals surface area contributed by atoms with Crippen LogP contribution in [0.15, 0.2) is 0 Å². The lowest BCUT2D eigenvalue weighted by Crippen LogP contribution is -2.29. The molecule has 2 N–H and O–H groups in total. The molecule has 0 heterocycles. The molecule has 78 valence electrons. The van der Waals surface area contributed by atoms with Crippen LogP contribution in [0.2, 0.25) is 0 Å².